The number of carbonyl (C=O) groups excluding carboxylic acids is 1. The van der Waals surface area contributed by atoms with E-state index in [1.54, 1.807) is 11.9 Å². The summed E-state index contributed by atoms with van der Waals surface area (Å²) in [6, 6.07) is 0. The van der Waals surface area contributed by atoms with Gasteiger partial charge in [-0.3, -0.25) is 4.79 Å². The van der Waals surface area contributed by atoms with Crippen molar-refractivity contribution in [3.8, 4) is 5.88 Å². The number of carbonyl (C=O) groups is 1. The van der Waals surface area contributed by atoms with E-state index in [2.05, 4.69) is 9.97 Å². The van der Waals surface area contributed by atoms with Gasteiger partial charge in [-0.25, -0.2) is 9.97 Å². The van der Waals surface area contributed by atoms with Crippen LogP contribution in [-0.2, 0) is 4.79 Å². The van der Waals surface area contributed by atoms with E-state index < -0.39 is 5.91 Å². The van der Waals surface area contributed by atoms with E-state index in [1.807, 2.05) is 6.92 Å². The maximum atomic E-state index is 10.7. The minimum atomic E-state index is -0.425. The second-order valence-corrected chi connectivity index (χ2v) is 2.94. The van der Waals surface area contributed by atoms with Crippen LogP contribution in [0.2, 0.25) is 0 Å². The van der Waals surface area contributed by atoms with E-state index in [4.69, 9.17) is 10.5 Å². The Bertz CT molecular complexity index is 343. The standard InChI is InChI=1S/C9H14N4O2/c1-3-15-9-8(11-4-5-12-9)13(2)6-7(10)14/h4-5H,3,6H2,1-2H3,(H2,10,14). The number of rotatable bonds is 5. The van der Waals surface area contributed by atoms with Crippen molar-refractivity contribution >= 4 is 11.7 Å². The molecule has 1 heterocycles. The third kappa shape index (κ3) is 3.08. The summed E-state index contributed by atoms with van der Waals surface area (Å²) in [5, 5.41) is 0. The summed E-state index contributed by atoms with van der Waals surface area (Å²) in [7, 11) is 1.71. The van der Waals surface area contributed by atoms with Crippen molar-refractivity contribution in [3.63, 3.8) is 0 Å². The molecular formula is C9H14N4O2. The minimum Gasteiger partial charge on any atom is -0.475 e. The lowest BCUT2D eigenvalue weighted by molar-refractivity contribution is -0.116. The predicted molar refractivity (Wildman–Crippen MR) is 55.7 cm³/mol. The first kappa shape index (κ1) is 11.2. The third-order valence-corrected chi connectivity index (χ3v) is 1.68. The molecule has 6 heteroatoms. The Morgan fingerprint density at radius 3 is 2.80 bits per heavy atom. The van der Waals surface area contributed by atoms with Crippen LogP contribution in [0.25, 0.3) is 0 Å². The van der Waals surface area contributed by atoms with Gasteiger partial charge >= 0.3 is 0 Å². The molecule has 0 bridgehead atoms. The topological polar surface area (TPSA) is 81.3 Å². The monoisotopic (exact) mass is 210 g/mol. The zero-order valence-electron chi connectivity index (χ0n) is 8.80. The van der Waals surface area contributed by atoms with Crippen LogP contribution in [0.5, 0.6) is 5.88 Å². The van der Waals surface area contributed by atoms with Gasteiger partial charge in [-0.1, -0.05) is 0 Å². The first-order valence-corrected chi connectivity index (χ1v) is 4.58. The molecule has 0 spiro atoms. The zero-order chi connectivity index (χ0) is 11.3. The van der Waals surface area contributed by atoms with Crippen LogP contribution in [0.1, 0.15) is 6.92 Å². The van der Waals surface area contributed by atoms with Crippen molar-refractivity contribution in [2.24, 2.45) is 5.73 Å². The number of amides is 1. The average Bonchev–Trinajstić information content (AvgIpc) is 2.18. The zero-order valence-corrected chi connectivity index (χ0v) is 8.80. The summed E-state index contributed by atoms with van der Waals surface area (Å²) >= 11 is 0. The molecule has 2 N–H and O–H groups in total. The van der Waals surface area contributed by atoms with Gasteiger partial charge in [0.1, 0.15) is 0 Å². The molecule has 0 aliphatic carbocycles. The van der Waals surface area contributed by atoms with E-state index in [1.165, 1.54) is 12.4 Å². The van der Waals surface area contributed by atoms with Crippen LogP contribution in [0, 0.1) is 0 Å². The third-order valence-electron chi connectivity index (χ3n) is 1.68. The van der Waals surface area contributed by atoms with Crippen LogP contribution in [0.15, 0.2) is 12.4 Å². The lowest BCUT2D eigenvalue weighted by Crippen LogP contribution is -2.31. The SMILES string of the molecule is CCOc1nccnc1N(C)CC(N)=O. The molecule has 0 atom stereocenters. The Balaban J connectivity index is 2.86. The van der Waals surface area contributed by atoms with Crippen molar-refractivity contribution in [1.29, 1.82) is 0 Å². The maximum Gasteiger partial charge on any atom is 0.257 e. The molecular weight excluding hydrogens is 196 g/mol. The largest absolute Gasteiger partial charge is 0.475 e. The molecule has 1 aromatic heterocycles. The van der Waals surface area contributed by atoms with Gasteiger partial charge in [0.15, 0.2) is 5.82 Å². The molecule has 0 saturated carbocycles. The molecule has 0 aliphatic rings. The highest BCUT2D eigenvalue weighted by Gasteiger charge is 2.12. The lowest BCUT2D eigenvalue weighted by atomic mass is 10.5. The van der Waals surface area contributed by atoms with Gasteiger partial charge < -0.3 is 15.4 Å². The fourth-order valence-corrected chi connectivity index (χ4v) is 1.13. The van der Waals surface area contributed by atoms with Crippen LogP contribution < -0.4 is 15.4 Å². The maximum absolute atomic E-state index is 10.7. The molecule has 6 nitrogen and oxygen atoms in total. The van der Waals surface area contributed by atoms with Crippen LogP contribution in [0.3, 0.4) is 0 Å². The highest BCUT2D eigenvalue weighted by Crippen LogP contribution is 2.20. The Morgan fingerprint density at radius 1 is 1.53 bits per heavy atom. The Kier molecular flexibility index (Phi) is 3.84. The molecule has 1 amide bonds. The van der Waals surface area contributed by atoms with Crippen LogP contribution in [-0.4, -0.2) is 36.1 Å². The molecule has 0 radical (unpaired) electrons. The Labute approximate surface area is 88.1 Å². The average molecular weight is 210 g/mol. The van der Waals surface area contributed by atoms with Crippen molar-refractivity contribution in [3.05, 3.63) is 12.4 Å². The number of likely N-dealkylation sites (N-methyl/N-ethyl adjacent to an activating group) is 1. The summed E-state index contributed by atoms with van der Waals surface area (Å²) in [6.45, 7) is 2.43. The van der Waals surface area contributed by atoms with Gasteiger partial charge in [-0.15, -0.1) is 0 Å². The molecule has 1 rings (SSSR count). The van der Waals surface area contributed by atoms with E-state index in [-0.39, 0.29) is 6.54 Å². The highest BCUT2D eigenvalue weighted by atomic mass is 16.5. The number of anilines is 1. The second kappa shape index (κ2) is 5.14. The van der Waals surface area contributed by atoms with Gasteiger partial charge in [0.2, 0.25) is 5.91 Å². The summed E-state index contributed by atoms with van der Waals surface area (Å²) in [6.07, 6.45) is 3.07. The van der Waals surface area contributed by atoms with E-state index in [0.717, 1.165) is 0 Å². The van der Waals surface area contributed by atoms with Crippen LogP contribution in [0.4, 0.5) is 5.82 Å². The van der Waals surface area contributed by atoms with Crippen molar-refractivity contribution in [1.82, 2.24) is 9.97 Å². The first-order valence-electron chi connectivity index (χ1n) is 4.58. The molecule has 1 aromatic rings. The van der Waals surface area contributed by atoms with Gasteiger partial charge in [-0.05, 0) is 6.92 Å². The smallest absolute Gasteiger partial charge is 0.257 e. The minimum absolute atomic E-state index is 0.0821. The van der Waals surface area contributed by atoms with Gasteiger partial charge in [0.05, 0.1) is 13.2 Å². The molecule has 0 saturated heterocycles. The normalized spacial score (nSPS) is 9.73. The molecule has 0 unspecified atom stereocenters. The first-order chi connectivity index (χ1) is 7.15. The quantitative estimate of drug-likeness (QED) is 0.727. The van der Waals surface area contributed by atoms with Crippen molar-refractivity contribution < 1.29 is 9.53 Å². The number of hydrogen-bond donors (Lipinski definition) is 1. The van der Waals surface area contributed by atoms with E-state index in [9.17, 15) is 4.79 Å². The Hall–Kier alpha value is -1.85. The summed E-state index contributed by atoms with van der Waals surface area (Å²) in [5.41, 5.74) is 5.09. The molecule has 15 heavy (non-hydrogen) atoms. The fraction of sp³-hybridized carbons (Fsp3) is 0.444. The lowest BCUT2D eigenvalue weighted by Gasteiger charge is -2.17. The summed E-state index contributed by atoms with van der Waals surface area (Å²) in [5.74, 6) is 0.493. The predicted octanol–water partition coefficient (Wildman–Crippen LogP) is -0.203. The number of hydrogen-bond acceptors (Lipinski definition) is 5. The molecule has 0 fully saturated rings. The summed E-state index contributed by atoms with van der Waals surface area (Å²) in [4.78, 5) is 20.4. The highest BCUT2D eigenvalue weighted by molar-refractivity contribution is 5.79. The number of nitrogens with zero attached hydrogens (tertiary/aromatic N) is 3. The second-order valence-electron chi connectivity index (χ2n) is 2.94. The molecule has 0 aromatic carbocycles. The van der Waals surface area contributed by atoms with Gasteiger partial charge in [-0.2, -0.15) is 0 Å². The van der Waals surface area contributed by atoms with Gasteiger partial charge in [0, 0.05) is 19.4 Å². The number of primary amides is 1. The number of aromatic nitrogens is 2. The number of ether oxygens (including phenoxy) is 1. The van der Waals surface area contributed by atoms with Crippen molar-refractivity contribution in [2.45, 2.75) is 6.92 Å². The Morgan fingerprint density at radius 2 is 2.20 bits per heavy atom. The fourth-order valence-electron chi connectivity index (χ4n) is 1.13. The van der Waals surface area contributed by atoms with Gasteiger partial charge in [0.25, 0.3) is 5.88 Å². The van der Waals surface area contributed by atoms with E-state index in [0.29, 0.717) is 18.3 Å². The number of nitrogens with two attached hydrogens (primary N) is 1. The van der Waals surface area contributed by atoms with Crippen LogP contribution >= 0.6 is 0 Å². The molecule has 82 valence electrons. The summed E-state index contributed by atoms with van der Waals surface area (Å²) < 4.78 is 5.27. The van der Waals surface area contributed by atoms with Crippen molar-refractivity contribution in [2.75, 3.05) is 25.1 Å². The molecule has 0 aliphatic heterocycles. The van der Waals surface area contributed by atoms with E-state index >= 15 is 0 Å².